The van der Waals surface area contributed by atoms with Crippen LogP contribution in [0.25, 0.3) is 0 Å². The second-order valence-corrected chi connectivity index (χ2v) is 5.49. The molecule has 14 heavy (non-hydrogen) atoms. The van der Waals surface area contributed by atoms with Gasteiger partial charge in [-0.25, -0.2) is 0 Å². The molecule has 0 aromatic rings. The molecular formula is C11H25N3. The summed E-state index contributed by atoms with van der Waals surface area (Å²) in [5.74, 6) is 1.32. The molecule has 0 amide bonds. The lowest BCUT2D eigenvalue weighted by Crippen LogP contribution is -2.39. The van der Waals surface area contributed by atoms with Gasteiger partial charge in [0.05, 0.1) is 0 Å². The van der Waals surface area contributed by atoms with Crippen LogP contribution in [0.4, 0.5) is 0 Å². The Kier molecular flexibility index (Phi) is 4.95. The molecule has 0 bridgehead atoms. The van der Waals surface area contributed by atoms with Crippen LogP contribution in [0.5, 0.6) is 0 Å². The summed E-state index contributed by atoms with van der Waals surface area (Å²) in [7, 11) is 0. The van der Waals surface area contributed by atoms with Crippen LogP contribution in [0.2, 0.25) is 0 Å². The summed E-state index contributed by atoms with van der Waals surface area (Å²) in [5, 5.41) is 10.1. The van der Waals surface area contributed by atoms with E-state index < -0.39 is 0 Å². The third-order valence-corrected chi connectivity index (χ3v) is 2.52. The molecule has 0 fully saturated rings. The molecule has 0 aliphatic heterocycles. The number of nitrogens with one attached hydrogen (secondary N) is 2. The molecule has 0 saturated heterocycles. The summed E-state index contributed by atoms with van der Waals surface area (Å²) >= 11 is 0. The third kappa shape index (κ3) is 5.84. The summed E-state index contributed by atoms with van der Waals surface area (Å²) in [6, 6.07) is 0. The van der Waals surface area contributed by atoms with E-state index >= 15 is 0 Å². The topological polar surface area (TPSA) is 61.9 Å². The smallest absolute Gasteiger partial charge is 0.185 e. The van der Waals surface area contributed by atoms with Crippen LogP contribution in [-0.4, -0.2) is 12.5 Å². The van der Waals surface area contributed by atoms with Gasteiger partial charge in [-0.1, -0.05) is 34.6 Å². The van der Waals surface area contributed by atoms with Crippen molar-refractivity contribution in [2.24, 2.45) is 23.0 Å². The monoisotopic (exact) mass is 199 g/mol. The van der Waals surface area contributed by atoms with Crippen molar-refractivity contribution in [3.05, 3.63) is 0 Å². The van der Waals surface area contributed by atoms with Gasteiger partial charge in [0, 0.05) is 6.54 Å². The van der Waals surface area contributed by atoms with E-state index in [0.29, 0.717) is 11.8 Å². The molecular weight excluding hydrogens is 174 g/mol. The fraction of sp³-hybridized carbons (Fsp3) is 0.909. The van der Waals surface area contributed by atoms with Crippen molar-refractivity contribution in [1.82, 2.24) is 5.32 Å². The summed E-state index contributed by atoms with van der Waals surface area (Å²) in [4.78, 5) is 0. The molecule has 0 aromatic heterocycles. The first-order chi connectivity index (χ1) is 6.23. The molecule has 3 heteroatoms. The first-order valence-corrected chi connectivity index (χ1v) is 5.31. The van der Waals surface area contributed by atoms with E-state index in [-0.39, 0.29) is 11.4 Å². The Morgan fingerprint density at radius 3 is 2.14 bits per heavy atom. The lowest BCUT2D eigenvalue weighted by molar-refractivity contribution is 0.205. The van der Waals surface area contributed by atoms with Crippen LogP contribution in [-0.2, 0) is 0 Å². The summed E-state index contributed by atoms with van der Waals surface area (Å²) in [6.45, 7) is 12.0. The lowest BCUT2D eigenvalue weighted by Gasteiger charge is -2.32. The van der Waals surface area contributed by atoms with Crippen LogP contribution in [0.15, 0.2) is 0 Å². The van der Waals surface area contributed by atoms with Gasteiger partial charge in [0.15, 0.2) is 5.96 Å². The molecule has 4 N–H and O–H groups in total. The van der Waals surface area contributed by atoms with Crippen LogP contribution < -0.4 is 11.1 Å². The van der Waals surface area contributed by atoms with Gasteiger partial charge in [0.25, 0.3) is 0 Å². The zero-order valence-corrected chi connectivity index (χ0v) is 10.1. The Bertz CT molecular complexity index is 179. The number of hydrogen-bond donors (Lipinski definition) is 3. The Balaban J connectivity index is 4.19. The van der Waals surface area contributed by atoms with Crippen molar-refractivity contribution in [2.75, 3.05) is 6.54 Å². The molecule has 0 rings (SSSR count). The maximum atomic E-state index is 7.14. The zero-order valence-electron chi connectivity index (χ0n) is 10.1. The maximum absolute atomic E-state index is 7.14. The van der Waals surface area contributed by atoms with Crippen molar-refractivity contribution in [3.63, 3.8) is 0 Å². The highest BCUT2D eigenvalue weighted by Crippen LogP contribution is 2.30. The highest BCUT2D eigenvalue weighted by Gasteiger charge is 2.25. The summed E-state index contributed by atoms with van der Waals surface area (Å²) < 4.78 is 0. The zero-order chi connectivity index (χ0) is 11.4. The quantitative estimate of drug-likeness (QED) is 0.480. The van der Waals surface area contributed by atoms with E-state index in [0.717, 1.165) is 6.54 Å². The Hall–Kier alpha value is -0.730. The average molecular weight is 199 g/mol. The van der Waals surface area contributed by atoms with Crippen LogP contribution in [0.1, 0.15) is 41.0 Å². The average Bonchev–Trinajstić information content (AvgIpc) is 1.94. The van der Waals surface area contributed by atoms with Crippen LogP contribution in [0.3, 0.4) is 0 Å². The minimum absolute atomic E-state index is 0.0722. The van der Waals surface area contributed by atoms with Crippen molar-refractivity contribution < 1.29 is 0 Å². The van der Waals surface area contributed by atoms with Gasteiger partial charge in [0.1, 0.15) is 0 Å². The van der Waals surface area contributed by atoms with E-state index in [4.69, 9.17) is 11.1 Å². The molecule has 1 atom stereocenters. The van der Waals surface area contributed by atoms with E-state index in [1.807, 2.05) is 0 Å². The number of rotatable bonds is 4. The molecule has 0 radical (unpaired) electrons. The summed E-state index contributed by atoms with van der Waals surface area (Å²) in [5.41, 5.74) is 5.56. The first-order valence-electron chi connectivity index (χ1n) is 5.31. The van der Waals surface area contributed by atoms with Gasteiger partial charge in [-0.3, -0.25) is 5.41 Å². The third-order valence-electron chi connectivity index (χ3n) is 2.52. The maximum Gasteiger partial charge on any atom is 0.185 e. The van der Waals surface area contributed by atoms with Gasteiger partial charge in [0.2, 0.25) is 0 Å². The largest absolute Gasteiger partial charge is 0.370 e. The minimum atomic E-state index is 0.0722. The molecule has 0 spiro atoms. The standard InChI is InChI=1S/C11H25N3/c1-8(2)6-9(11(3,4)5)7-14-10(12)13/h8-9H,6-7H2,1-5H3,(H4,12,13,14). The summed E-state index contributed by atoms with van der Waals surface area (Å²) in [6.07, 6.45) is 1.17. The van der Waals surface area contributed by atoms with Gasteiger partial charge < -0.3 is 11.1 Å². The number of nitrogens with two attached hydrogens (primary N) is 1. The molecule has 0 aliphatic rings. The normalized spacial score (nSPS) is 14.1. The lowest BCUT2D eigenvalue weighted by atomic mass is 9.76. The fourth-order valence-electron chi connectivity index (χ4n) is 1.55. The second kappa shape index (κ2) is 5.23. The van der Waals surface area contributed by atoms with Gasteiger partial charge in [-0.05, 0) is 23.7 Å². The molecule has 84 valence electrons. The van der Waals surface area contributed by atoms with Crippen molar-refractivity contribution in [3.8, 4) is 0 Å². The van der Waals surface area contributed by atoms with E-state index in [1.165, 1.54) is 6.42 Å². The molecule has 1 unspecified atom stereocenters. The van der Waals surface area contributed by atoms with E-state index in [9.17, 15) is 0 Å². The van der Waals surface area contributed by atoms with Crippen LogP contribution in [0, 0.1) is 22.7 Å². The predicted molar refractivity (Wildman–Crippen MR) is 62.3 cm³/mol. The van der Waals surface area contributed by atoms with Crippen molar-refractivity contribution >= 4 is 5.96 Å². The molecule has 0 heterocycles. The highest BCUT2D eigenvalue weighted by atomic mass is 15.0. The van der Waals surface area contributed by atoms with Gasteiger partial charge in [-0.2, -0.15) is 0 Å². The van der Waals surface area contributed by atoms with E-state index in [1.54, 1.807) is 0 Å². The Morgan fingerprint density at radius 1 is 1.36 bits per heavy atom. The van der Waals surface area contributed by atoms with Gasteiger partial charge in [-0.15, -0.1) is 0 Å². The molecule has 0 saturated carbocycles. The minimum Gasteiger partial charge on any atom is -0.370 e. The SMILES string of the molecule is CC(C)CC(CNC(=N)N)C(C)(C)C. The first kappa shape index (κ1) is 13.3. The predicted octanol–water partition coefficient (Wildman–Crippen LogP) is 2.18. The van der Waals surface area contributed by atoms with Crippen molar-refractivity contribution in [1.29, 1.82) is 5.41 Å². The highest BCUT2D eigenvalue weighted by molar-refractivity contribution is 5.74. The number of hydrogen-bond acceptors (Lipinski definition) is 1. The van der Waals surface area contributed by atoms with Gasteiger partial charge >= 0.3 is 0 Å². The molecule has 0 aliphatic carbocycles. The van der Waals surface area contributed by atoms with Crippen LogP contribution >= 0.6 is 0 Å². The molecule has 3 nitrogen and oxygen atoms in total. The number of guanidine groups is 1. The Morgan fingerprint density at radius 2 is 1.86 bits per heavy atom. The molecule has 0 aromatic carbocycles. The Labute approximate surface area is 88.0 Å². The second-order valence-electron chi connectivity index (χ2n) is 5.49. The van der Waals surface area contributed by atoms with E-state index in [2.05, 4.69) is 39.9 Å². The van der Waals surface area contributed by atoms with Crippen molar-refractivity contribution in [2.45, 2.75) is 41.0 Å². The fourth-order valence-corrected chi connectivity index (χ4v) is 1.55.